The number of anilines is 1. The van der Waals surface area contributed by atoms with Crippen molar-refractivity contribution in [2.24, 2.45) is 11.8 Å². The van der Waals surface area contributed by atoms with E-state index in [1.807, 2.05) is 4.90 Å². The number of rotatable bonds is 2. The molecule has 1 unspecified atom stereocenters. The number of fused-ring (bicyclic) bond motifs is 1. The van der Waals surface area contributed by atoms with Crippen LogP contribution in [0.2, 0.25) is 0 Å². The first kappa shape index (κ1) is 13.4. The minimum absolute atomic E-state index is 0.131. The van der Waals surface area contributed by atoms with Crippen molar-refractivity contribution in [3.8, 4) is 0 Å². The van der Waals surface area contributed by atoms with Crippen LogP contribution in [0.5, 0.6) is 0 Å². The van der Waals surface area contributed by atoms with Gasteiger partial charge in [0.2, 0.25) is 5.91 Å². The highest BCUT2D eigenvalue weighted by atomic mass is 16.2. The summed E-state index contributed by atoms with van der Waals surface area (Å²) in [5.41, 5.74) is 2.50. The van der Waals surface area contributed by atoms with Gasteiger partial charge in [0.05, 0.1) is 0 Å². The fourth-order valence-electron chi connectivity index (χ4n) is 3.04. The van der Waals surface area contributed by atoms with Gasteiger partial charge in [0.1, 0.15) is 0 Å². The van der Waals surface area contributed by atoms with Crippen LogP contribution in [-0.2, 0) is 11.3 Å². The Morgan fingerprint density at radius 3 is 2.75 bits per heavy atom. The van der Waals surface area contributed by atoms with E-state index >= 15 is 0 Å². The monoisotopic (exact) mass is 273 g/mol. The molecule has 2 heterocycles. The fourth-order valence-corrected chi connectivity index (χ4v) is 3.04. The second kappa shape index (κ2) is 5.44. The molecule has 1 amide bonds. The van der Waals surface area contributed by atoms with Gasteiger partial charge in [0.25, 0.3) is 0 Å². The molecule has 0 spiro atoms. The van der Waals surface area contributed by atoms with Crippen molar-refractivity contribution in [2.45, 2.75) is 13.5 Å². The molecule has 0 bridgehead atoms. The second-order valence-corrected chi connectivity index (χ2v) is 6.02. The zero-order chi connectivity index (χ0) is 14.1. The Hall–Kier alpha value is -1.55. The van der Waals surface area contributed by atoms with Crippen molar-refractivity contribution in [3.05, 3.63) is 29.8 Å². The number of hydrogen-bond donors (Lipinski definition) is 1. The van der Waals surface area contributed by atoms with E-state index in [0.717, 1.165) is 32.7 Å². The van der Waals surface area contributed by atoms with E-state index in [1.165, 1.54) is 11.3 Å². The molecule has 2 aliphatic heterocycles. The van der Waals surface area contributed by atoms with Crippen molar-refractivity contribution in [3.63, 3.8) is 0 Å². The molecular formula is C16H23N3O. The maximum Gasteiger partial charge on any atom is 0.226 e. The lowest BCUT2D eigenvalue weighted by molar-refractivity contribution is -0.137. The van der Waals surface area contributed by atoms with E-state index in [4.69, 9.17) is 0 Å². The molecule has 1 N–H and O–H groups in total. The van der Waals surface area contributed by atoms with Gasteiger partial charge in [0.15, 0.2) is 0 Å². The standard InChI is InChI=1S/C16H23N3O/c1-12(14-9-17-10-14)16(20)19-8-7-18(2)15-6-4-3-5-13(15)11-19/h3-6,12,14,17H,7-11H2,1-2H3. The lowest BCUT2D eigenvalue weighted by atomic mass is 9.88. The van der Waals surface area contributed by atoms with Gasteiger partial charge >= 0.3 is 0 Å². The van der Waals surface area contributed by atoms with Crippen LogP contribution in [0.3, 0.4) is 0 Å². The number of carbonyl (C=O) groups is 1. The van der Waals surface area contributed by atoms with Gasteiger partial charge in [-0.3, -0.25) is 4.79 Å². The van der Waals surface area contributed by atoms with Crippen molar-refractivity contribution in [1.29, 1.82) is 0 Å². The Morgan fingerprint density at radius 1 is 1.30 bits per heavy atom. The number of likely N-dealkylation sites (N-methyl/N-ethyl adjacent to an activating group) is 1. The molecule has 0 aromatic heterocycles. The number of para-hydroxylation sites is 1. The number of nitrogens with zero attached hydrogens (tertiary/aromatic N) is 2. The maximum absolute atomic E-state index is 12.7. The molecule has 20 heavy (non-hydrogen) atoms. The Bertz CT molecular complexity index is 498. The third kappa shape index (κ3) is 2.40. The molecule has 2 aliphatic rings. The molecule has 1 saturated heterocycles. The van der Waals surface area contributed by atoms with E-state index in [0.29, 0.717) is 11.8 Å². The van der Waals surface area contributed by atoms with Crippen LogP contribution in [0.15, 0.2) is 24.3 Å². The predicted octanol–water partition coefficient (Wildman–Crippen LogP) is 1.32. The van der Waals surface area contributed by atoms with E-state index in [9.17, 15) is 4.79 Å². The quantitative estimate of drug-likeness (QED) is 0.883. The highest BCUT2D eigenvalue weighted by molar-refractivity contribution is 5.79. The van der Waals surface area contributed by atoms with Gasteiger partial charge in [-0.15, -0.1) is 0 Å². The lowest BCUT2D eigenvalue weighted by Crippen LogP contribution is -2.50. The average molecular weight is 273 g/mol. The Labute approximate surface area is 120 Å². The first-order chi connectivity index (χ1) is 9.66. The number of hydrogen-bond acceptors (Lipinski definition) is 3. The molecule has 4 heteroatoms. The molecule has 4 nitrogen and oxygen atoms in total. The van der Waals surface area contributed by atoms with E-state index in [2.05, 4.69) is 48.5 Å². The summed E-state index contributed by atoms with van der Waals surface area (Å²) in [6.45, 7) is 6.50. The van der Waals surface area contributed by atoms with Crippen LogP contribution in [0, 0.1) is 11.8 Å². The molecule has 1 aromatic rings. The Balaban J connectivity index is 1.77. The third-order valence-corrected chi connectivity index (χ3v) is 4.69. The van der Waals surface area contributed by atoms with Crippen LogP contribution in [0.4, 0.5) is 5.69 Å². The highest BCUT2D eigenvalue weighted by Crippen LogP contribution is 2.26. The van der Waals surface area contributed by atoms with E-state index in [1.54, 1.807) is 0 Å². The minimum Gasteiger partial charge on any atom is -0.373 e. The van der Waals surface area contributed by atoms with Crippen molar-refractivity contribution in [1.82, 2.24) is 10.2 Å². The first-order valence-corrected chi connectivity index (χ1v) is 7.45. The molecule has 0 radical (unpaired) electrons. The number of benzene rings is 1. The summed E-state index contributed by atoms with van der Waals surface area (Å²) in [5, 5.41) is 3.26. The zero-order valence-corrected chi connectivity index (χ0v) is 12.3. The smallest absolute Gasteiger partial charge is 0.226 e. The summed E-state index contributed by atoms with van der Waals surface area (Å²) in [5.74, 6) is 0.951. The molecule has 1 aromatic carbocycles. The molecule has 3 rings (SSSR count). The van der Waals surface area contributed by atoms with Gasteiger partial charge in [-0.25, -0.2) is 0 Å². The summed E-state index contributed by atoms with van der Waals surface area (Å²) in [6.07, 6.45) is 0. The van der Waals surface area contributed by atoms with Crippen molar-refractivity contribution < 1.29 is 4.79 Å². The minimum atomic E-state index is 0.131. The topological polar surface area (TPSA) is 35.6 Å². The Morgan fingerprint density at radius 2 is 2.05 bits per heavy atom. The normalized spacial score (nSPS) is 20.9. The van der Waals surface area contributed by atoms with Crippen molar-refractivity contribution >= 4 is 11.6 Å². The molecule has 0 aliphatic carbocycles. The van der Waals surface area contributed by atoms with Gasteiger partial charge < -0.3 is 15.1 Å². The number of amides is 1. The van der Waals surface area contributed by atoms with Gasteiger partial charge in [-0.1, -0.05) is 25.1 Å². The summed E-state index contributed by atoms with van der Waals surface area (Å²) in [7, 11) is 2.10. The summed E-state index contributed by atoms with van der Waals surface area (Å²) < 4.78 is 0. The van der Waals surface area contributed by atoms with Gasteiger partial charge in [-0.2, -0.15) is 0 Å². The van der Waals surface area contributed by atoms with Gasteiger partial charge in [0, 0.05) is 38.3 Å². The second-order valence-electron chi connectivity index (χ2n) is 6.02. The van der Waals surface area contributed by atoms with Crippen LogP contribution in [0.1, 0.15) is 12.5 Å². The third-order valence-electron chi connectivity index (χ3n) is 4.69. The average Bonchev–Trinajstić information content (AvgIpc) is 2.56. The molecule has 1 atom stereocenters. The maximum atomic E-state index is 12.7. The SMILES string of the molecule is CC(C(=O)N1CCN(C)c2ccccc2C1)C1CNC1. The molecule has 108 valence electrons. The molecule has 1 fully saturated rings. The zero-order valence-electron chi connectivity index (χ0n) is 12.3. The Kier molecular flexibility index (Phi) is 3.66. The van der Waals surface area contributed by atoms with Crippen molar-refractivity contribution in [2.75, 3.05) is 38.1 Å². The van der Waals surface area contributed by atoms with E-state index < -0.39 is 0 Å². The predicted molar refractivity (Wildman–Crippen MR) is 80.7 cm³/mol. The number of carbonyl (C=O) groups excluding carboxylic acids is 1. The molecular weight excluding hydrogens is 250 g/mol. The van der Waals surface area contributed by atoms with Crippen LogP contribution in [0.25, 0.3) is 0 Å². The van der Waals surface area contributed by atoms with Crippen LogP contribution >= 0.6 is 0 Å². The first-order valence-electron chi connectivity index (χ1n) is 7.45. The summed E-state index contributed by atoms with van der Waals surface area (Å²) >= 11 is 0. The summed E-state index contributed by atoms with van der Waals surface area (Å²) in [4.78, 5) is 17.0. The largest absolute Gasteiger partial charge is 0.373 e. The number of nitrogens with one attached hydrogen (secondary N) is 1. The summed E-state index contributed by atoms with van der Waals surface area (Å²) in [6, 6.07) is 8.39. The van der Waals surface area contributed by atoms with Crippen LogP contribution in [-0.4, -0.2) is 44.0 Å². The molecule has 0 saturated carbocycles. The van der Waals surface area contributed by atoms with Crippen LogP contribution < -0.4 is 10.2 Å². The van der Waals surface area contributed by atoms with Gasteiger partial charge in [-0.05, 0) is 30.6 Å². The van der Waals surface area contributed by atoms with E-state index in [-0.39, 0.29) is 5.92 Å². The highest BCUT2D eigenvalue weighted by Gasteiger charge is 2.32. The fraction of sp³-hybridized carbons (Fsp3) is 0.562. The lowest BCUT2D eigenvalue weighted by Gasteiger charge is -2.34.